The Morgan fingerprint density at radius 3 is 2.70 bits per heavy atom. The summed E-state index contributed by atoms with van der Waals surface area (Å²) >= 11 is 5.79. The van der Waals surface area contributed by atoms with Gasteiger partial charge < -0.3 is 19.6 Å². The number of carbonyl (C=O) groups excluding carboxylic acids is 1. The van der Waals surface area contributed by atoms with E-state index in [-0.39, 0.29) is 25.0 Å². The summed E-state index contributed by atoms with van der Waals surface area (Å²) < 4.78 is 10.7. The molecule has 0 bridgehead atoms. The fourth-order valence-corrected chi connectivity index (χ4v) is 2.61. The first-order chi connectivity index (χ1) is 11.1. The van der Waals surface area contributed by atoms with E-state index in [2.05, 4.69) is 5.32 Å². The van der Waals surface area contributed by atoms with Crippen LogP contribution in [0.3, 0.4) is 0 Å². The number of benzene rings is 1. The van der Waals surface area contributed by atoms with E-state index in [1.807, 2.05) is 0 Å². The Labute approximate surface area is 139 Å². The Balaban J connectivity index is 1.52. The third-order valence-corrected chi connectivity index (χ3v) is 4.19. The molecule has 23 heavy (non-hydrogen) atoms. The van der Waals surface area contributed by atoms with E-state index in [0.29, 0.717) is 16.5 Å². The van der Waals surface area contributed by atoms with Gasteiger partial charge in [-0.2, -0.15) is 0 Å². The molecule has 1 aromatic heterocycles. The number of hydrogen-bond donors (Lipinski definition) is 2. The summed E-state index contributed by atoms with van der Waals surface area (Å²) in [5, 5.41) is 14.1. The second-order valence-electron chi connectivity index (χ2n) is 5.70. The summed E-state index contributed by atoms with van der Waals surface area (Å²) in [4.78, 5) is 11.9. The smallest absolute Gasteiger partial charge is 0.258 e. The fraction of sp³-hybridized carbons (Fsp3) is 0.353. The molecule has 122 valence electrons. The maximum Gasteiger partial charge on any atom is 0.258 e. The van der Waals surface area contributed by atoms with Crippen molar-refractivity contribution in [2.75, 3.05) is 13.2 Å². The predicted molar refractivity (Wildman–Crippen MR) is 85.3 cm³/mol. The first kappa shape index (κ1) is 15.9. The molecule has 3 rings (SSSR count). The van der Waals surface area contributed by atoms with Gasteiger partial charge in [-0.05, 0) is 55.2 Å². The topological polar surface area (TPSA) is 71.7 Å². The highest BCUT2D eigenvalue weighted by Gasteiger charge is 2.47. The van der Waals surface area contributed by atoms with Crippen molar-refractivity contribution in [3.05, 3.63) is 53.4 Å². The number of halogens is 1. The summed E-state index contributed by atoms with van der Waals surface area (Å²) in [7, 11) is 0. The van der Waals surface area contributed by atoms with Crippen molar-refractivity contribution in [1.82, 2.24) is 5.32 Å². The molecule has 1 aliphatic carbocycles. The molecule has 0 spiro atoms. The summed E-state index contributed by atoms with van der Waals surface area (Å²) in [5.41, 5.74) is -1.15. The average Bonchev–Trinajstić information content (AvgIpc) is 3.27. The maximum absolute atomic E-state index is 11.9. The largest absolute Gasteiger partial charge is 0.484 e. The quantitative estimate of drug-likeness (QED) is 0.816. The van der Waals surface area contributed by atoms with Crippen LogP contribution >= 0.6 is 11.6 Å². The number of nitrogens with one attached hydrogen (secondary N) is 1. The van der Waals surface area contributed by atoms with Gasteiger partial charge in [-0.1, -0.05) is 11.6 Å². The van der Waals surface area contributed by atoms with Gasteiger partial charge in [0.25, 0.3) is 5.91 Å². The van der Waals surface area contributed by atoms with Crippen molar-refractivity contribution in [2.24, 2.45) is 5.92 Å². The number of rotatable bonds is 7. The van der Waals surface area contributed by atoms with Gasteiger partial charge in [0.2, 0.25) is 0 Å². The lowest BCUT2D eigenvalue weighted by atomic mass is 9.94. The molecule has 1 aliphatic rings. The zero-order chi connectivity index (χ0) is 16.3. The minimum Gasteiger partial charge on any atom is -0.484 e. The summed E-state index contributed by atoms with van der Waals surface area (Å²) in [6.45, 7) is -0.0193. The second kappa shape index (κ2) is 6.64. The number of aliphatic hydroxyl groups is 1. The van der Waals surface area contributed by atoms with Crippen LogP contribution in [0.25, 0.3) is 0 Å². The molecule has 5 nitrogen and oxygen atoms in total. The molecule has 0 saturated heterocycles. The Bertz CT molecular complexity index is 652. The van der Waals surface area contributed by atoms with E-state index in [4.69, 9.17) is 20.8 Å². The third kappa shape index (κ3) is 3.86. The van der Waals surface area contributed by atoms with Crippen LogP contribution in [0.4, 0.5) is 0 Å². The standard InChI is InChI=1S/C17H18ClNO4/c18-13-5-7-14(8-6-13)23-10-16(20)19-11-17(21,12-3-4-12)15-2-1-9-22-15/h1-2,5-9,12,21H,3-4,10-11H2,(H,19,20). The molecule has 2 aromatic rings. The lowest BCUT2D eigenvalue weighted by Crippen LogP contribution is -2.43. The highest BCUT2D eigenvalue weighted by Crippen LogP contribution is 2.45. The lowest BCUT2D eigenvalue weighted by molar-refractivity contribution is -0.125. The van der Waals surface area contributed by atoms with Crippen molar-refractivity contribution < 1.29 is 19.1 Å². The summed E-state index contributed by atoms with van der Waals surface area (Å²) in [6, 6.07) is 10.2. The molecule has 1 amide bonds. The number of ether oxygens (including phenoxy) is 1. The highest BCUT2D eigenvalue weighted by atomic mass is 35.5. The molecule has 1 aromatic carbocycles. The average molecular weight is 336 g/mol. The molecule has 6 heteroatoms. The van der Waals surface area contributed by atoms with Gasteiger partial charge in [0.05, 0.1) is 12.8 Å². The van der Waals surface area contributed by atoms with Gasteiger partial charge in [-0.3, -0.25) is 4.79 Å². The van der Waals surface area contributed by atoms with Crippen LogP contribution in [-0.4, -0.2) is 24.2 Å². The van der Waals surface area contributed by atoms with E-state index in [1.54, 1.807) is 36.4 Å². The second-order valence-corrected chi connectivity index (χ2v) is 6.13. The molecule has 0 radical (unpaired) electrons. The Morgan fingerprint density at radius 1 is 1.35 bits per heavy atom. The van der Waals surface area contributed by atoms with Crippen molar-refractivity contribution in [1.29, 1.82) is 0 Å². The van der Waals surface area contributed by atoms with E-state index in [0.717, 1.165) is 12.8 Å². The van der Waals surface area contributed by atoms with Crippen molar-refractivity contribution >= 4 is 17.5 Å². The van der Waals surface area contributed by atoms with E-state index >= 15 is 0 Å². The number of carbonyl (C=O) groups is 1. The lowest BCUT2D eigenvalue weighted by Gasteiger charge is -2.26. The predicted octanol–water partition coefficient (Wildman–Crippen LogP) is 2.73. The molecule has 1 atom stereocenters. The van der Waals surface area contributed by atoms with Gasteiger partial charge in [-0.15, -0.1) is 0 Å². The molecular formula is C17H18ClNO4. The van der Waals surface area contributed by atoms with Crippen LogP contribution in [0.2, 0.25) is 5.02 Å². The van der Waals surface area contributed by atoms with Crippen LogP contribution in [0.1, 0.15) is 18.6 Å². The monoisotopic (exact) mass is 335 g/mol. The molecule has 2 N–H and O–H groups in total. The number of amides is 1. The van der Waals surface area contributed by atoms with Gasteiger partial charge in [0.1, 0.15) is 17.1 Å². The van der Waals surface area contributed by atoms with E-state index < -0.39 is 5.60 Å². The number of furan rings is 1. The minimum atomic E-state index is -1.15. The SMILES string of the molecule is O=C(COc1ccc(Cl)cc1)NCC(O)(c1ccco1)C1CC1. The van der Waals surface area contributed by atoms with Gasteiger partial charge >= 0.3 is 0 Å². The van der Waals surface area contributed by atoms with Gasteiger partial charge in [0.15, 0.2) is 6.61 Å². The molecule has 0 aliphatic heterocycles. The van der Waals surface area contributed by atoms with E-state index in [9.17, 15) is 9.90 Å². The maximum atomic E-state index is 11.9. The van der Waals surface area contributed by atoms with Crippen LogP contribution in [0, 0.1) is 5.92 Å². The van der Waals surface area contributed by atoms with Crippen LogP contribution in [0.15, 0.2) is 47.1 Å². The van der Waals surface area contributed by atoms with Gasteiger partial charge in [0, 0.05) is 5.02 Å². The molecule has 1 heterocycles. The third-order valence-electron chi connectivity index (χ3n) is 3.94. The van der Waals surface area contributed by atoms with Crippen molar-refractivity contribution in [2.45, 2.75) is 18.4 Å². The molecule has 1 fully saturated rings. The van der Waals surface area contributed by atoms with Crippen molar-refractivity contribution in [3.8, 4) is 5.75 Å². The summed E-state index contributed by atoms with van der Waals surface area (Å²) in [6.07, 6.45) is 3.37. The first-order valence-corrected chi connectivity index (χ1v) is 7.87. The Kier molecular flexibility index (Phi) is 4.59. The van der Waals surface area contributed by atoms with Crippen LogP contribution < -0.4 is 10.1 Å². The Morgan fingerprint density at radius 2 is 2.09 bits per heavy atom. The zero-order valence-corrected chi connectivity index (χ0v) is 13.3. The molecular weight excluding hydrogens is 318 g/mol. The van der Waals surface area contributed by atoms with Crippen molar-refractivity contribution in [3.63, 3.8) is 0 Å². The fourth-order valence-electron chi connectivity index (χ4n) is 2.48. The van der Waals surface area contributed by atoms with Gasteiger partial charge in [-0.25, -0.2) is 0 Å². The minimum absolute atomic E-state index is 0.105. The van der Waals surface area contributed by atoms with Crippen LogP contribution in [-0.2, 0) is 10.4 Å². The highest BCUT2D eigenvalue weighted by molar-refractivity contribution is 6.30. The molecule has 1 unspecified atom stereocenters. The Hall–Kier alpha value is -1.98. The normalized spacial score (nSPS) is 16.6. The first-order valence-electron chi connectivity index (χ1n) is 7.49. The zero-order valence-electron chi connectivity index (χ0n) is 12.5. The van der Waals surface area contributed by atoms with E-state index in [1.165, 1.54) is 6.26 Å². The summed E-state index contributed by atoms with van der Waals surface area (Å²) in [5.74, 6) is 0.865. The van der Waals surface area contributed by atoms with Crippen LogP contribution in [0.5, 0.6) is 5.75 Å². The molecule has 1 saturated carbocycles. The number of hydrogen-bond acceptors (Lipinski definition) is 4.